The second-order valence-corrected chi connectivity index (χ2v) is 12.9. The number of methoxy groups -OCH3 is 1. The summed E-state index contributed by atoms with van der Waals surface area (Å²) in [5.41, 5.74) is 3.80. The third-order valence-corrected chi connectivity index (χ3v) is 9.18. The average Bonchev–Trinajstić information content (AvgIpc) is 3.19. The number of aliphatic hydroxyl groups excluding tert-OH is 3. The van der Waals surface area contributed by atoms with Gasteiger partial charge in [0.2, 0.25) is 0 Å². The van der Waals surface area contributed by atoms with Gasteiger partial charge in [-0.3, -0.25) is 0 Å². The molecule has 4 aromatic rings. The molecule has 6 rings (SSSR count). The Morgan fingerprint density at radius 2 is 0.942 bits per heavy atom. The summed E-state index contributed by atoms with van der Waals surface area (Å²) in [6, 6.07) is 39.1. The van der Waals surface area contributed by atoms with Gasteiger partial charge in [0.05, 0.1) is 39.6 Å². The Morgan fingerprint density at radius 1 is 0.500 bits per heavy atom. The van der Waals surface area contributed by atoms with E-state index in [9.17, 15) is 15.3 Å². The van der Waals surface area contributed by atoms with E-state index < -0.39 is 68.0 Å². The largest absolute Gasteiger partial charge is 0.394 e. The number of hydrogen-bond acceptors (Lipinski definition) is 11. The third kappa shape index (κ3) is 10.1. The van der Waals surface area contributed by atoms with Crippen LogP contribution >= 0.6 is 0 Å². The first-order valence-electron chi connectivity index (χ1n) is 17.6. The van der Waals surface area contributed by atoms with Crippen LogP contribution in [0.15, 0.2) is 121 Å². The maximum atomic E-state index is 11.3. The van der Waals surface area contributed by atoms with E-state index in [1.54, 1.807) is 0 Å². The molecule has 0 bridgehead atoms. The highest BCUT2D eigenvalue weighted by Gasteiger charge is 2.53. The minimum absolute atomic E-state index is 0.104. The molecule has 2 aliphatic rings. The lowest BCUT2D eigenvalue weighted by Gasteiger charge is -2.48. The van der Waals surface area contributed by atoms with E-state index in [0.717, 1.165) is 22.3 Å². The van der Waals surface area contributed by atoms with Gasteiger partial charge in [0.1, 0.15) is 48.8 Å². The Morgan fingerprint density at radius 3 is 1.42 bits per heavy atom. The maximum Gasteiger partial charge on any atom is 0.187 e. The van der Waals surface area contributed by atoms with Crippen molar-refractivity contribution in [3.05, 3.63) is 144 Å². The molecule has 3 N–H and O–H groups in total. The Labute approximate surface area is 304 Å². The minimum Gasteiger partial charge on any atom is -0.394 e. The van der Waals surface area contributed by atoms with Crippen LogP contribution in [0.2, 0.25) is 0 Å². The van der Waals surface area contributed by atoms with Crippen LogP contribution in [0.25, 0.3) is 0 Å². The van der Waals surface area contributed by atoms with Crippen molar-refractivity contribution in [2.45, 2.75) is 87.8 Å². The Kier molecular flexibility index (Phi) is 14.3. The van der Waals surface area contributed by atoms with E-state index in [1.165, 1.54) is 7.11 Å². The summed E-state index contributed by atoms with van der Waals surface area (Å²) in [7, 11) is 1.35. The Bertz CT molecular complexity index is 1560. The minimum atomic E-state index is -1.49. The summed E-state index contributed by atoms with van der Waals surface area (Å²) < 4.78 is 50.5. The zero-order valence-corrected chi connectivity index (χ0v) is 29.2. The Hall–Kier alpha value is -3.56. The highest BCUT2D eigenvalue weighted by molar-refractivity contribution is 5.16. The summed E-state index contributed by atoms with van der Waals surface area (Å²) in [4.78, 5) is 0. The van der Waals surface area contributed by atoms with Crippen LogP contribution in [0.1, 0.15) is 22.3 Å². The zero-order valence-electron chi connectivity index (χ0n) is 29.2. The van der Waals surface area contributed by atoms with Crippen molar-refractivity contribution in [3.63, 3.8) is 0 Å². The van der Waals surface area contributed by atoms with Crippen LogP contribution in [0.3, 0.4) is 0 Å². The predicted octanol–water partition coefficient (Wildman–Crippen LogP) is 4.15. The lowest BCUT2D eigenvalue weighted by molar-refractivity contribution is -0.369. The molecule has 11 heteroatoms. The van der Waals surface area contributed by atoms with E-state index >= 15 is 0 Å². The predicted molar refractivity (Wildman–Crippen MR) is 189 cm³/mol. The fourth-order valence-electron chi connectivity index (χ4n) is 6.43. The highest BCUT2D eigenvalue weighted by atomic mass is 16.8. The monoisotopic (exact) mass is 716 g/mol. The van der Waals surface area contributed by atoms with E-state index in [1.807, 2.05) is 121 Å². The molecule has 2 aliphatic heterocycles. The summed E-state index contributed by atoms with van der Waals surface area (Å²) in [6.07, 6.45) is -10.7. The summed E-state index contributed by atoms with van der Waals surface area (Å²) >= 11 is 0. The molecular weight excluding hydrogens is 668 g/mol. The second kappa shape index (κ2) is 19.5. The highest BCUT2D eigenvalue weighted by Crippen LogP contribution is 2.34. The fourth-order valence-corrected chi connectivity index (χ4v) is 6.43. The quantitative estimate of drug-likeness (QED) is 0.146. The van der Waals surface area contributed by atoms with Crippen LogP contribution in [0, 0.1) is 0 Å². The van der Waals surface area contributed by atoms with Crippen molar-refractivity contribution in [1.82, 2.24) is 0 Å². The van der Waals surface area contributed by atoms with Crippen molar-refractivity contribution in [2.75, 3.05) is 20.3 Å². The van der Waals surface area contributed by atoms with Crippen molar-refractivity contribution in [3.8, 4) is 0 Å². The molecule has 0 saturated carbocycles. The molecule has 0 amide bonds. The van der Waals surface area contributed by atoms with Gasteiger partial charge in [-0.15, -0.1) is 0 Å². The van der Waals surface area contributed by atoms with E-state index in [0.29, 0.717) is 6.61 Å². The van der Waals surface area contributed by atoms with Gasteiger partial charge in [-0.1, -0.05) is 121 Å². The van der Waals surface area contributed by atoms with Crippen molar-refractivity contribution in [1.29, 1.82) is 0 Å². The van der Waals surface area contributed by atoms with Crippen molar-refractivity contribution in [2.24, 2.45) is 0 Å². The molecule has 0 unspecified atom stereocenters. The summed E-state index contributed by atoms with van der Waals surface area (Å²) in [5.74, 6) is 0. The molecule has 0 radical (unpaired) electrons. The molecular formula is C41H48O11. The van der Waals surface area contributed by atoms with Gasteiger partial charge < -0.3 is 53.2 Å². The average molecular weight is 717 g/mol. The molecule has 11 nitrogen and oxygen atoms in total. The van der Waals surface area contributed by atoms with Crippen LogP contribution < -0.4 is 0 Å². The maximum absolute atomic E-state index is 11.3. The van der Waals surface area contributed by atoms with Gasteiger partial charge >= 0.3 is 0 Å². The van der Waals surface area contributed by atoms with Gasteiger partial charge in [0, 0.05) is 7.11 Å². The van der Waals surface area contributed by atoms with Crippen LogP contribution in [-0.4, -0.2) is 97.1 Å². The van der Waals surface area contributed by atoms with Crippen LogP contribution in [-0.2, 0) is 64.3 Å². The second-order valence-electron chi connectivity index (χ2n) is 12.9. The van der Waals surface area contributed by atoms with Gasteiger partial charge in [0.25, 0.3) is 0 Å². The molecule has 278 valence electrons. The molecule has 0 aromatic heterocycles. The number of benzene rings is 4. The lowest BCUT2D eigenvalue weighted by Crippen LogP contribution is -2.65. The molecule has 52 heavy (non-hydrogen) atoms. The number of hydrogen-bond donors (Lipinski definition) is 3. The van der Waals surface area contributed by atoms with E-state index in [-0.39, 0.29) is 26.4 Å². The topological polar surface area (TPSA) is 135 Å². The van der Waals surface area contributed by atoms with Gasteiger partial charge in [-0.25, -0.2) is 0 Å². The standard InChI is InChI=1S/C41H48O11/c1-45-40-35(44)34(43)36(32(22-42)50-40)52-41-39(49-26-31-20-12-5-13-21-31)38(48-25-30-18-10-4-11-19-30)37(47-24-29-16-8-3-9-17-29)33(51-41)27-46-23-28-14-6-2-7-15-28/h2-21,32-44H,22-27H2,1H3/t32-,33-,34-,35-,36+,37+,38+,39-,40-,41-/m1/s1. The van der Waals surface area contributed by atoms with Gasteiger partial charge in [-0.05, 0) is 22.3 Å². The first-order chi connectivity index (χ1) is 25.5. The Balaban J connectivity index is 1.34. The third-order valence-electron chi connectivity index (χ3n) is 9.18. The normalized spacial score (nSPS) is 29.2. The SMILES string of the molecule is CO[C@@H]1O[C@H](CO)[C@H](O[C@H]2O[C@H](COCc3ccccc3)[C@H](OCc3ccccc3)[C@H](OCc3ccccc3)[C@H]2OCc2ccccc2)[C@H](O)[C@H]1O. The lowest BCUT2D eigenvalue weighted by atomic mass is 9.96. The number of rotatable bonds is 17. The number of aliphatic hydroxyl groups is 3. The van der Waals surface area contributed by atoms with Crippen molar-refractivity contribution < 1.29 is 53.2 Å². The summed E-state index contributed by atoms with van der Waals surface area (Å²) in [6.45, 7) is 0.589. The smallest absolute Gasteiger partial charge is 0.187 e. The van der Waals surface area contributed by atoms with Crippen LogP contribution in [0.4, 0.5) is 0 Å². The molecule has 0 aliphatic carbocycles. The molecule has 10 atom stereocenters. The molecule has 2 fully saturated rings. The van der Waals surface area contributed by atoms with Gasteiger partial charge in [-0.2, -0.15) is 0 Å². The summed E-state index contributed by atoms with van der Waals surface area (Å²) in [5, 5.41) is 32.4. The van der Waals surface area contributed by atoms with Crippen LogP contribution in [0.5, 0.6) is 0 Å². The molecule has 4 aromatic carbocycles. The molecule has 2 heterocycles. The first kappa shape index (κ1) is 38.2. The number of ether oxygens (including phenoxy) is 8. The van der Waals surface area contributed by atoms with Crippen molar-refractivity contribution >= 4 is 0 Å². The van der Waals surface area contributed by atoms with E-state index in [4.69, 9.17) is 37.9 Å². The van der Waals surface area contributed by atoms with E-state index in [2.05, 4.69) is 0 Å². The van der Waals surface area contributed by atoms with Gasteiger partial charge in [0.15, 0.2) is 12.6 Å². The molecule has 0 spiro atoms. The first-order valence-corrected chi connectivity index (χ1v) is 17.6. The fraction of sp³-hybridized carbons (Fsp3) is 0.415. The molecule has 2 saturated heterocycles. The zero-order chi connectivity index (χ0) is 36.1.